The Balaban J connectivity index is 1.51. The van der Waals surface area contributed by atoms with Crippen molar-refractivity contribution >= 4 is 23.4 Å². The van der Waals surface area contributed by atoms with Crippen LogP contribution in [0.3, 0.4) is 0 Å². The van der Waals surface area contributed by atoms with Crippen LogP contribution in [0.1, 0.15) is 49.4 Å². The average Bonchev–Trinajstić information content (AvgIpc) is 3.45. The van der Waals surface area contributed by atoms with Crippen LogP contribution in [0.5, 0.6) is 0 Å². The number of benzene rings is 1. The van der Waals surface area contributed by atoms with Crippen molar-refractivity contribution in [1.82, 2.24) is 10.2 Å². The van der Waals surface area contributed by atoms with Crippen LogP contribution in [0.2, 0.25) is 0 Å². The lowest BCUT2D eigenvalue weighted by Gasteiger charge is -2.31. The van der Waals surface area contributed by atoms with Gasteiger partial charge in [0.05, 0.1) is 0 Å². The molecular weight excluding hydrogens is 318 g/mol. The number of carbonyl (C=O) groups is 3. The molecule has 6 nitrogen and oxygen atoms in total. The predicted molar refractivity (Wildman–Crippen MR) is 95.2 cm³/mol. The highest BCUT2D eigenvalue weighted by molar-refractivity contribution is 5.96. The maximum atomic E-state index is 12.6. The molecule has 1 aliphatic carbocycles. The normalized spacial score (nSPS) is 17.9. The van der Waals surface area contributed by atoms with E-state index in [1.54, 1.807) is 36.1 Å². The Kier molecular flexibility index (Phi) is 5.36. The zero-order valence-electron chi connectivity index (χ0n) is 14.6. The largest absolute Gasteiger partial charge is 0.353 e. The molecule has 1 aromatic rings. The lowest BCUT2D eigenvalue weighted by atomic mass is 9.95. The molecule has 0 aromatic heterocycles. The topological polar surface area (TPSA) is 78.5 Å². The Morgan fingerprint density at radius 3 is 2.24 bits per heavy atom. The molecule has 2 N–H and O–H groups in total. The molecule has 0 atom stereocenters. The summed E-state index contributed by atoms with van der Waals surface area (Å²) in [5.41, 5.74) is 1.30. The van der Waals surface area contributed by atoms with E-state index in [0.717, 1.165) is 25.7 Å². The molecule has 3 rings (SSSR count). The van der Waals surface area contributed by atoms with Gasteiger partial charge in [-0.15, -0.1) is 0 Å². The molecule has 0 radical (unpaired) electrons. The van der Waals surface area contributed by atoms with E-state index in [1.807, 2.05) is 0 Å². The van der Waals surface area contributed by atoms with Crippen molar-refractivity contribution in [2.45, 2.75) is 45.1 Å². The third-order valence-electron chi connectivity index (χ3n) is 4.81. The van der Waals surface area contributed by atoms with Crippen LogP contribution >= 0.6 is 0 Å². The molecule has 3 amide bonds. The smallest absolute Gasteiger partial charge is 0.253 e. The van der Waals surface area contributed by atoms with Crippen LogP contribution in [0.25, 0.3) is 0 Å². The van der Waals surface area contributed by atoms with E-state index in [-0.39, 0.29) is 23.6 Å². The van der Waals surface area contributed by atoms with E-state index in [4.69, 9.17) is 0 Å². The van der Waals surface area contributed by atoms with Crippen LogP contribution in [0.15, 0.2) is 24.3 Å². The zero-order valence-corrected chi connectivity index (χ0v) is 14.6. The lowest BCUT2D eigenvalue weighted by molar-refractivity contribution is -0.126. The number of hydrogen-bond acceptors (Lipinski definition) is 3. The van der Waals surface area contributed by atoms with Gasteiger partial charge in [0.15, 0.2) is 0 Å². The quantitative estimate of drug-likeness (QED) is 0.860. The molecule has 0 bridgehead atoms. The summed E-state index contributed by atoms with van der Waals surface area (Å²) < 4.78 is 0. The van der Waals surface area contributed by atoms with Crippen LogP contribution in [0.4, 0.5) is 5.69 Å². The number of anilines is 1. The average molecular weight is 343 g/mol. The number of amides is 3. The van der Waals surface area contributed by atoms with E-state index in [0.29, 0.717) is 36.8 Å². The molecule has 25 heavy (non-hydrogen) atoms. The molecule has 6 heteroatoms. The maximum Gasteiger partial charge on any atom is 0.253 e. The first-order valence-corrected chi connectivity index (χ1v) is 9.06. The number of likely N-dealkylation sites (tertiary alicyclic amines) is 1. The standard InChI is InChI=1S/C19H25N3O3/c1-2-17(23)20-15-5-3-14(4-6-15)19(25)22-11-9-13(10-12-22)18(24)21-16-7-8-16/h3-6,13,16H,2,7-12H2,1H3,(H,20,23)(H,21,24). The number of piperidine rings is 1. The second kappa shape index (κ2) is 7.68. The summed E-state index contributed by atoms with van der Waals surface area (Å²) in [5, 5.41) is 5.82. The highest BCUT2D eigenvalue weighted by Gasteiger charge is 2.31. The van der Waals surface area contributed by atoms with Crippen molar-refractivity contribution in [2.24, 2.45) is 5.92 Å². The number of nitrogens with zero attached hydrogens (tertiary/aromatic N) is 1. The monoisotopic (exact) mass is 343 g/mol. The SMILES string of the molecule is CCC(=O)Nc1ccc(C(=O)N2CCC(C(=O)NC3CC3)CC2)cc1. The highest BCUT2D eigenvalue weighted by Crippen LogP contribution is 2.23. The Hall–Kier alpha value is -2.37. The molecule has 1 aromatic carbocycles. The maximum absolute atomic E-state index is 12.6. The van der Waals surface area contributed by atoms with Gasteiger partial charge in [0.2, 0.25) is 11.8 Å². The van der Waals surface area contributed by atoms with Crippen molar-refractivity contribution in [3.8, 4) is 0 Å². The number of carbonyl (C=O) groups excluding carboxylic acids is 3. The van der Waals surface area contributed by atoms with Gasteiger partial charge in [0, 0.05) is 42.7 Å². The summed E-state index contributed by atoms with van der Waals surface area (Å²) in [4.78, 5) is 37.9. The summed E-state index contributed by atoms with van der Waals surface area (Å²) in [6.45, 7) is 3.01. The van der Waals surface area contributed by atoms with E-state index in [1.165, 1.54) is 0 Å². The van der Waals surface area contributed by atoms with Crippen LogP contribution in [-0.2, 0) is 9.59 Å². The summed E-state index contributed by atoms with van der Waals surface area (Å²) in [7, 11) is 0. The van der Waals surface area contributed by atoms with Crippen molar-refractivity contribution in [1.29, 1.82) is 0 Å². The Bertz CT molecular complexity index is 644. The fourth-order valence-corrected chi connectivity index (χ4v) is 3.02. The Morgan fingerprint density at radius 2 is 1.68 bits per heavy atom. The van der Waals surface area contributed by atoms with Gasteiger partial charge in [-0.25, -0.2) is 0 Å². The third kappa shape index (κ3) is 4.59. The van der Waals surface area contributed by atoms with Crippen molar-refractivity contribution in [3.05, 3.63) is 29.8 Å². The first kappa shape index (κ1) is 17.5. The minimum absolute atomic E-state index is 0.0191. The molecule has 0 spiro atoms. The number of rotatable bonds is 5. The van der Waals surface area contributed by atoms with Crippen LogP contribution in [0, 0.1) is 5.92 Å². The Morgan fingerprint density at radius 1 is 1.04 bits per heavy atom. The van der Waals surface area contributed by atoms with Gasteiger partial charge in [-0.2, -0.15) is 0 Å². The molecule has 1 aliphatic heterocycles. The van der Waals surface area contributed by atoms with Crippen LogP contribution in [-0.4, -0.2) is 41.8 Å². The van der Waals surface area contributed by atoms with Crippen molar-refractivity contribution in [3.63, 3.8) is 0 Å². The van der Waals surface area contributed by atoms with Crippen LogP contribution < -0.4 is 10.6 Å². The Labute approximate surface area is 148 Å². The first-order valence-electron chi connectivity index (χ1n) is 9.06. The molecule has 2 fully saturated rings. The summed E-state index contributed by atoms with van der Waals surface area (Å²) >= 11 is 0. The third-order valence-corrected chi connectivity index (χ3v) is 4.81. The highest BCUT2D eigenvalue weighted by atomic mass is 16.2. The first-order chi connectivity index (χ1) is 12.1. The van der Waals surface area contributed by atoms with Gasteiger partial charge in [-0.3, -0.25) is 14.4 Å². The number of hydrogen-bond donors (Lipinski definition) is 2. The summed E-state index contributed by atoms with van der Waals surface area (Å²) in [5.74, 6) is 0.0990. The molecule has 1 saturated carbocycles. The fraction of sp³-hybridized carbons (Fsp3) is 0.526. The molecule has 1 heterocycles. The van der Waals surface area contributed by atoms with Gasteiger partial charge in [0.25, 0.3) is 5.91 Å². The van der Waals surface area contributed by atoms with Gasteiger partial charge in [-0.1, -0.05) is 6.92 Å². The van der Waals surface area contributed by atoms with E-state index >= 15 is 0 Å². The predicted octanol–water partition coefficient (Wildman–Crippen LogP) is 2.17. The van der Waals surface area contributed by atoms with Gasteiger partial charge >= 0.3 is 0 Å². The molecular formula is C19H25N3O3. The van der Waals surface area contributed by atoms with Gasteiger partial charge < -0.3 is 15.5 Å². The molecule has 2 aliphatic rings. The summed E-state index contributed by atoms with van der Waals surface area (Å²) in [6, 6.07) is 7.35. The van der Waals surface area contributed by atoms with E-state index in [9.17, 15) is 14.4 Å². The number of nitrogens with one attached hydrogen (secondary N) is 2. The van der Waals surface area contributed by atoms with Gasteiger partial charge in [-0.05, 0) is 49.9 Å². The second-order valence-corrected chi connectivity index (χ2v) is 6.83. The van der Waals surface area contributed by atoms with E-state index in [2.05, 4.69) is 10.6 Å². The van der Waals surface area contributed by atoms with Crippen molar-refractivity contribution < 1.29 is 14.4 Å². The van der Waals surface area contributed by atoms with Gasteiger partial charge in [0.1, 0.15) is 0 Å². The molecule has 1 saturated heterocycles. The minimum Gasteiger partial charge on any atom is -0.353 e. The van der Waals surface area contributed by atoms with Crippen molar-refractivity contribution in [2.75, 3.05) is 18.4 Å². The fourth-order valence-electron chi connectivity index (χ4n) is 3.02. The minimum atomic E-state index is -0.0503. The molecule has 134 valence electrons. The molecule has 0 unspecified atom stereocenters. The van der Waals surface area contributed by atoms with E-state index < -0.39 is 0 Å². The zero-order chi connectivity index (χ0) is 17.8. The summed E-state index contributed by atoms with van der Waals surface area (Å²) in [6.07, 6.45) is 4.05. The lowest BCUT2D eigenvalue weighted by Crippen LogP contribution is -2.43. The second-order valence-electron chi connectivity index (χ2n) is 6.83.